The van der Waals surface area contributed by atoms with E-state index in [-0.39, 0.29) is 11.9 Å². The Hall–Kier alpha value is -1.63. The third-order valence-corrected chi connectivity index (χ3v) is 2.68. The van der Waals surface area contributed by atoms with Crippen LogP contribution in [0, 0.1) is 0 Å². The molecule has 0 saturated heterocycles. The molecule has 0 aliphatic rings. The topological polar surface area (TPSA) is 75.6 Å². The van der Waals surface area contributed by atoms with Crippen LogP contribution in [0.3, 0.4) is 0 Å². The predicted octanol–water partition coefficient (Wildman–Crippen LogP) is 2.20. The molecule has 7 heteroatoms. The molecule has 2 heterocycles. The van der Waals surface area contributed by atoms with Crippen molar-refractivity contribution in [2.24, 2.45) is 0 Å². The first-order chi connectivity index (χ1) is 8.08. The van der Waals surface area contributed by atoms with Crippen molar-refractivity contribution >= 4 is 27.8 Å². The Balaban J connectivity index is 2.24. The molecular weight excluding hydrogens is 286 g/mol. The van der Waals surface area contributed by atoms with E-state index in [9.17, 15) is 4.79 Å². The van der Waals surface area contributed by atoms with Crippen LogP contribution in [0.5, 0.6) is 0 Å². The normalized spacial score (nSPS) is 10.8. The van der Waals surface area contributed by atoms with Gasteiger partial charge in [-0.15, -0.1) is 0 Å². The van der Waals surface area contributed by atoms with Crippen LogP contribution in [0.4, 0.5) is 5.95 Å². The van der Waals surface area contributed by atoms with Gasteiger partial charge in [0.25, 0.3) is 5.91 Å². The first-order valence-electron chi connectivity index (χ1n) is 5.12. The lowest BCUT2D eigenvalue weighted by molar-refractivity contribution is 0.101. The van der Waals surface area contributed by atoms with Gasteiger partial charge in [0.15, 0.2) is 0 Å². The molecule has 0 aliphatic carbocycles. The molecule has 0 aliphatic heterocycles. The molecule has 2 N–H and O–H groups in total. The maximum atomic E-state index is 12.0. The molecule has 17 heavy (non-hydrogen) atoms. The van der Waals surface area contributed by atoms with Gasteiger partial charge < -0.3 is 4.57 Å². The van der Waals surface area contributed by atoms with Crippen molar-refractivity contribution < 1.29 is 4.79 Å². The van der Waals surface area contributed by atoms with Crippen LogP contribution in [-0.4, -0.2) is 25.7 Å². The zero-order valence-corrected chi connectivity index (χ0v) is 11.0. The lowest BCUT2D eigenvalue weighted by Crippen LogP contribution is -2.18. The predicted molar refractivity (Wildman–Crippen MR) is 66.9 cm³/mol. The number of hydrogen-bond donors (Lipinski definition) is 2. The molecule has 0 aromatic carbocycles. The molecule has 0 saturated carbocycles. The van der Waals surface area contributed by atoms with Crippen molar-refractivity contribution in [1.82, 2.24) is 19.7 Å². The summed E-state index contributed by atoms with van der Waals surface area (Å²) < 4.78 is 2.75. The Kier molecular flexibility index (Phi) is 3.28. The van der Waals surface area contributed by atoms with Gasteiger partial charge in [0, 0.05) is 16.7 Å². The van der Waals surface area contributed by atoms with Crippen LogP contribution in [0.1, 0.15) is 30.4 Å². The van der Waals surface area contributed by atoms with E-state index < -0.39 is 0 Å². The summed E-state index contributed by atoms with van der Waals surface area (Å²) in [6.45, 7) is 4.02. The number of anilines is 1. The molecular formula is C10H12BrN5O. The molecule has 0 atom stereocenters. The largest absolute Gasteiger partial charge is 0.340 e. The summed E-state index contributed by atoms with van der Waals surface area (Å²) in [5.74, 6) is 0.115. The van der Waals surface area contributed by atoms with Crippen LogP contribution in [0.2, 0.25) is 0 Å². The number of carbonyl (C=O) groups is 1. The van der Waals surface area contributed by atoms with E-state index in [1.165, 1.54) is 6.33 Å². The van der Waals surface area contributed by atoms with Crippen molar-refractivity contribution in [2.75, 3.05) is 5.32 Å². The Bertz CT molecular complexity index is 517. The van der Waals surface area contributed by atoms with Crippen molar-refractivity contribution in [1.29, 1.82) is 0 Å². The number of halogens is 1. The van der Waals surface area contributed by atoms with Gasteiger partial charge in [-0.3, -0.25) is 10.1 Å². The maximum Gasteiger partial charge on any atom is 0.274 e. The Morgan fingerprint density at radius 3 is 2.94 bits per heavy atom. The third kappa shape index (κ3) is 2.55. The van der Waals surface area contributed by atoms with Gasteiger partial charge in [-0.05, 0) is 35.8 Å². The Labute approximate surface area is 107 Å². The van der Waals surface area contributed by atoms with Crippen LogP contribution in [-0.2, 0) is 0 Å². The highest BCUT2D eigenvalue weighted by Crippen LogP contribution is 2.19. The minimum absolute atomic E-state index is 0.205. The number of rotatable bonds is 3. The summed E-state index contributed by atoms with van der Waals surface area (Å²) in [7, 11) is 0. The van der Waals surface area contributed by atoms with E-state index in [0.717, 1.165) is 4.47 Å². The van der Waals surface area contributed by atoms with Crippen LogP contribution in [0.25, 0.3) is 0 Å². The molecule has 0 unspecified atom stereocenters. The molecule has 2 aromatic heterocycles. The fourth-order valence-electron chi connectivity index (χ4n) is 1.49. The summed E-state index contributed by atoms with van der Waals surface area (Å²) in [6.07, 6.45) is 3.22. The number of amides is 1. The number of aromatic nitrogens is 4. The first-order valence-corrected chi connectivity index (χ1v) is 5.91. The number of H-pyrrole nitrogens is 1. The van der Waals surface area contributed by atoms with E-state index in [1.54, 1.807) is 6.07 Å². The molecule has 6 nitrogen and oxygen atoms in total. The summed E-state index contributed by atoms with van der Waals surface area (Å²) >= 11 is 3.36. The summed E-state index contributed by atoms with van der Waals surface area (Å²) in [5.41, 5.74) is 0.572. The second-order valence-electron chi connectivity index (χ2n) is 3.83. The van der Waals surface area contributed by atoms with E-state index in [2.05, 4.69) is 36.4 Å². The first kappa shape index (κ1) is 11.8. The van der Waals surface area contributed by atoms with Crippen LogP contribution >= 0.6 is 15.9 Å². The van der Waals surface area contributed by atoms with Gasteiger partial charge in [-0.1, -0.05) is 0 Å². The fraction of sp³-hybridized carbons (Fsp3) is 0.300. The highest BCUT2D eigenvalue weighted by atomic mass is 79.9. The average molecular weight is 298 g/mol. The minimum Gasteiger partial charge on any atom is -0.340 e. The molecule has 0 bridgehead atoms. The number of nitrogens with zero attached hydrogens (tertiary/aromatic N) is 3. The zero-order valence-electron chi connectivity index (χ0n) is 9.44. The lowest BCUT2D eigenvalue weighted by Gasteiger charge is -2.11. The minimum atomic E-state index is -0.221. The summed E-state index contributed by atoms with van der Waals surface area (Å²) in [5, 5.41) is 8.88. The standard InChI is InChI=1S/C10H12BrN5O/c1-6(2)16-4-7(11)3-8(16)9(17)14-10-12-5-13-15-10/h3-6H,1-2H3,(H2,12,13,14,15,17). The molecule has 0 spiro atoms. The molecule has 90 valence electrons. The van der Waals surface area contributed by atoms with Gasteiger partial charge in [0.2, 0.25) is 5.95 Å². The second-order valence-corrected chi connectivity index (χ2v) is 4.75. The highest BCUT2D eigenvalue weighted by molar-refractivity contribution is 9.10. The maximum absolute atomic E-state index is 12.0. The van der Waals surface area contributed by atoms with Gasteiger partial charge in [-0.25, -0.2) is 5.10 Å². The number of aromatic amines is 1. The van der Waals surface area contributed by atoms with Crippen molar-refractivity contribution in [2.45, 2.75) is 19.9 Å². The van der Waals surface area contributed by atoms with Crippen LogP contribution in [0.15, 0.2) is 23.1 Å². The smallest absolute Gasteiger partial charge is 0.274 e. The van der Waals surface area contributed by atoms with Crippen molar-refractivity contribution in [3.05, 3.63) is 28.8 Å². The molecule has 2 rings (SSSR count). The van der Waals surface area contributed by atoms with Crippen molar-refractivity contribution in [3.8, 4) is 0 Å². The SMILES string of the molecule is CC(C)n1cc(Br)cc1C(=O)Nc1ncn[nH]1. The van der Waals surface area contributed by atoms with Crippen LogP contribution < -0.4 is 5.32 Å². The van der Waals surface area contributed by atoms with Gasteiger partial charge in [0.05, 0.1) is 0 Å². The average Bonchev–Trinajstić information content (AvgIpc) is 2.86. The zero-order chi connectivity index (χ0) is 12.4. The number of nitrogens with one attached hydrogen (secondary N) is 2. The van der Waals surface area contributed by atoms with E-state index in [0.29, 0.717) is 11.6 Å². The van der Waals surface area contributed by atoms with Crippen molar-refractivity contribution in [3.63, 3.8) is 0 Å². The van der Waals surface area contributed by atoms with Gasteiger partial charge >= 0.3 is 0 Å². The quantitative estimate of drug-likeness (QED) is 0.912. The molecule has 2 aromatic rings. The second kappa shape index (κ2) is 4.70. The van der Waals surface area contributed by atoms with E-state index in [1.807, 2.05) is 24.6 Å². The third-order valence-electron chi connectivity index (χ3n) is 2.25. The highest BCUT2D eigenvalue weighted by Gasteiger charge is 2.15. The van der Waals surface area contributed by atoms with E-state index in [4.69, 9.17) is 0 Å². The fourth-order valence-corrected chi connectivity index (χ4v) is 1.93. The molecule has 0 radical (unpaired) electrons. The molecule has 1 amide bonds. The summed E-state index contributed by atoms with van der Waals surface area (Å²) in [6, 6.07) is 1.97. The monoisotopic (exact) mass is 297 g/mol. The lowest BCUT2D eigenvalue weighted by atomic mass is 10.3. The van der Waals surface area contributed by atoms with Gasteiger partial charge in [0.1, 0.15) is 12.0 Å². The number of carbonyl (C=O) groups excluding carboxylic acids is 1. The molecule has 0 fully saturated rings. The van der Waals surface area contributed by atoms with Gasteiger partial charge in [-0.2, -0.15) is 10.1 Å². The number of hydrogen-bond acceptors (Lipinski definition) is 3. The van der Waals surface area contributed by atoms with E-state index >= 15 is 0 Å². The Morgan fingerprint density at radius 1 is 1.59 bits per heavy atom. The summed E-state index contributed by atoms with van der Waals surface area (Å²) in [4.78, 5) is 15.9. The Morgan fingerprint density at radius 2 is 2.35 bits per heavy atom.